The molecule has 0 unspecified atom stereocenters. The van der Waals surface area contributed by atoms with E-state index in [0.29, 0.717) is 0 Å². The number of nitrogens with one attached hydrogen (secondary N) is 1. The maximum atomic E-state index is 3.58. The number of rotatable bonds is 0. The van der Waals surface area contributed by atoms with Crippen LogP contribution in [0.2, 0.25) is 0 Å². The third-order valence-corrected chi connectivity index (χ3v) is 4.30. The molecule has 0 aliphatic carbocycles. The number of H-pyrrole nitrogens is 1. The van der Waals surface area contributed by atoms with Crippen molar-refractivity contribution in [1.82, 2.24) is 4.98 Å². The summed E-state index contributed by atoms with van der Waals surface area (Å²) in [7, 11) is 0. The average molecular weight is 266 g/mol. The van der Waals surface area contributed by atoms with Gasteiger partial charge in [0.15, 0.2) is 0 Å². The van der Waals surface area contributed by atoms with Crippen molar-refractivity contribution in [2.45, 2.75) is 0 Å². The SMILES string of the molecule is [c]1cccc2[nH]c3c4ccccc4c4ccccc4c3c12. The van der Waals surface area contributed by atoms with Gasteiger partial charge in [0.2, 0.25) is 0 Å². The Kier molecular flexibility index (Phi) is 2.01. The van der Waals surface area contributed by atoms with Gasteiger partial charge in [-0.1, -0.05) is 60.7 Å². The van der Waals surface area contributed by atoms with Gasteiger partial charge in [-0.15, -0.1) is 0 Å². The maximum Gasteiger partial charge on any atom is 0.0551 e. The Balaban J connectivity index is 2.25. The number of aromatic amines is 1. The molecule has 5 aromatic rings. The van der Waals surface area contributed by atoms with Crippen molar-refractivity contribution in [2.75, 3.05) is 0 Å². The van der Waals surface area contributed by atoms with Gasteiger partial charge in [-0.3, -0.25) is 0 Å². The zero-order chi connectivity index (χ0) is 13.8. The molecule has 97 valence electrons. The van der Waals surface area contributed by atoms with Crippen LogP contribution in [0, 0.1) is 6.07 Å². The zero-order valence-electron chi connectivity index (χ0n) is 11.4. The highest BCUT2D eigenvalue weighted by Gasteiger charge is 2.12. The summed E-state index contributed by atoms with van der Waals surface area (Å²) in [5.74, 6) is 0. The minimum Gasteiger partial charge on any atom is -0.354 e. The molecule has 1 heterocycles. The lowest BCUT2D eigenvalue weighted by Gasteiger charge is -2.06. The van der Waals surface area contributed by atoms with Crippen LogP contribution < -0.4 is 0 Å². The van der Waals surface area contributed by atoms with Gasteiger partial charge in [0.25, 0.3) is 0 Å². The molecule has 0 amide bonds. The minimum absolute atomic E-state index is 1.15. The van der Waals surface area contributed by atoms with Gasteiger partial charge in [0, 0.05) is 21.7 Å². The molecular weight excluding hydrogens is 254 g/mol. The van der Waals surface area contributed by atoms with E-state index in [1.165, 1.54) is 37.8 Å². The van der Waals surface area contributed by atoms with E-state index in [4.69, 9.17) is 0 Å². The smallest absolute Gasteiger partial charge is 0.0551 e. The Morgan fingerprint density at radius 3 is 2.14 bits per heavy atom. The second-order valence-corrected chi connectivity index (χ2v) is 5.42. The number of benzene rings is 4. The summed E-state index contributed by atoms with van der Waals surface area (Å²) < 4.78 is 0. The highest BCUT2D eigenvalue weighted by molar-refractivity contribution is 6.31. The topological polar surface area (TPSA) is 15.8 Å². The molecule has 0 aliphatic rings. The van der Waals surface area contributed by atoms with Gasteiger partial charge in [-0.25, -0.2) is 0 Å². The molecule has 1 aromatic heterocycles. The van der Waals surface area contributed by atoms with Crippen LogP contribution in [0.25, 0.3) is 43.4 Å². The molecule has 0 spiro atoms. The van der Waals surface area contributed by atoms with Crippen molar-refractivity contribution in [3.8, 4) is 0 Å². The predicted octanol–water partition coefficient (Wildman–Crippen LogP) is 5.43. The molecule has 1 nitrogen and oxygen atoms in total. The van der Waals surface area contributed by atoms with Crippen LogP contribution in [0.3, 0.4) is 0 Å². The fourth-order valence-corrected chi connectivity index (χ4v) is 3.41. The van der Waals surface area contributed by atoms with Crippen LogP contribution in [-0.4, -0.2) is 4.98 Å². The van der Waals surface area contributed by atoms with Crippen molar-refractivity contribution in [3.63, 3.8) is 0 Å². The summed E-state index contributed by atoms with van der Waals surface area (Å²) >= 11 is 0. The standard InChI is InChI=1S/C20H12N/c1-3-9-15-13(7-1)14-8-2-4-10-16(14)20-19(15)17-11-5-6-12-18(17)21-20/h1-10,12,21H. The molecule has 5 rings (SSSR count). The first-order valence-corrected chi connectivity index (χ1v) is 7.15. The fourth-order valence-electron chi connectivity index (χ4n) is 3.41. The number of fused-ring (bicyclic) bond motifs is 8. The molecule has 21 heavy (non-hydrogen) atoms. The highest BCUT2D eigenvalue weighted by Crippen LogP contribution is 2.38. The third kappa shape index (κ3) is 1.35. The number of aromatic nitrogens is 1. The predicted molar refractivity (Wildman–Crippen MR) is 89.7 cm³/mol. The molecule has 1 heteroatoms. The fraction of sp³-hybridized carbons (Fsp3) is 0. The van der Waals surface area contributed by atoms with Gasteiger partial charge in [0.05, 0.1) is 5.52 Å². The van der Waals surface area contributed by atoms with Crippen LogP contribution >= 0.6 is 0 Å². The molecule has 1 radical (unpaired) electrons. The van der Waals surface area contributed by atoms with Crippen LogP contribution in [0.1, 0.15) is 0 Å². The van der Waals surface area contributed by atoms with E-state index in [-0.39, 0.29) is 0 Å². The summed E-state index contributed by atoms with van der Waals surface area (Å²) in [6, 6.07) is 26.8. The van der Waals surface area contributed by atoms with Crippen LogP contribution in [0.5, 0.6) is 0 Å². The summed E-state index contributed by atoms with van der Waals surface area (Å²) in [5.41, 5.74) is 2.36. The van der Waals surface area contributed by atoms with Crippen molar-refractivity contribution in [2.24, 2.45) is 0 Å². The highest BCUT2D eigenvalue weighted by atomic mass is 14.7. The van der Waals surface area contributed by atoms with Crippen molar-refractivity contribution in [3.05, 3.63) is 72.8 Å². The van der Waals surface area contributed by atoms with Crippen LogP contribution in [0.4, 0.5) is 0 Å². The van der Waals surface area contributed by atoms with Crippen LogP contribution in [-0.2, 0) is 0 Å². The third-order valence-electron chi connectivity index (χ3n) is 4.30. The average Bonchev–Trinajstić information content (AvgIpc) is 2.95. The lowest BCUT2D eigenvalue weighted by Crippen LogP contribution is -1.80. The first-order valence-electron chi connectivity index (χ1n) is 7.15. The van der Waals surface area contributed by atoms with Crippen molar-refractivity contribution < 1.29 is 0 Å². The largest absolute Gasteiger partial charge is 0.354 e. The molecule has 4 aromatic carbocycles. The lowest BCUT2D eigenvalue weighted by atomic mass is 9.97. The van der Waals surface area contributed by atoms with Gasteiger partial charge in [-0.2, -0.15) is 0 Å². The van der Waals surface area contributed by atoms with E-state index < -0.39 is 0 Å². The van der Waals surface area contributed by atoms with E-state index in [0.717, 1.165) is 5.52 Å². The van der Waals surface area contributed by atoms with E-state index in [1.54, 1.807) is 0 Å². The summed E-state index contributed by atoms with van der Waals surface area (Å²) in [5, 5.41) is 7.62. The Bertz CT molecular complexity index is 1130. The molecule has 0 aliphatic heterocycles. The molecule has 0 atom stereocenters. The summed E-state index contributed by atoms with van der Waals surface area (Å²) in [6.07, 6.45) is 0. The molecule has 0 saturated carbocycles. The monoisotopic (exact) mass is 266 g/mol. The van der Waals surface area contributed by atoms with Gasteiger partial charge in [0.1, 0.15) is 0 Å². The summed E-state index contributed by atoms with van der Waals surface area (Å²) in [4.78, 5) is 3.58. The molecule has 0 bridgehead atoms. The first kappa shape index (κ1) is 10.9. The quantitative estimate of drug-likeness (QED) is 0.360. The van der Waals surface area contributed by atoms with E-state index in [2.05, 4.69) is 65.6 Å². The molecule has 0 saturated heterocycles. The minimum atomic E-state index is 1.15. The first-order chi connectivity index (χ1) is 10.4. The van der Waals surface area contributed by atoms with E-state index in [9.17, 15) is 0 Å². The lowest BCUT2D eigenvalue weighted by molar-refractivity contribution is 1.56. The Labute approximate surface area is 121 Å². The van der Waals surface area contributed by atoms with Crippen molar-refractivity contribution >= 4 is 43.4 Å². The van der Waals surface area contributed by atoms with Crippen molar-refractivity contribution in [1.29, 1.82) is 0 Å². The van der Waals surface area contributed by atoms with Crippen LogP contribution in [0.15, 0.2) is 66.7 Å². The zero-order valence-corrected chi connectivity index (χ0v) is 11.4. The Hall–Kier alpha value is -2.80. The Morgan fingerprint density at radius 2 is 1.33 bits per heavy atom. The normalized spacial score (nSPS) is 11.8. The second kappa shape index (κ2) is 3.86. The molecule has 0 fully saturated rings. The van der Waals surface area contributed by atoms with E-state index >= 15 is 0 Å². The van der Waals surface area contributed by atoms with Gasteiger partial charge < -0.3 is 4.98 Å². The summed E-state index contributed by atoms with van der Waals surface area (Å²) in [6.45, 7) is 0. The van der Waals surface area contributed by atoms with Gasteiger partial charge in [-0.05, 0) is 28.3 Å². The number of hydrogen-bond donors (Lipinski definition) is 1. The maximum absolute atomic E-state index is 3.58. The van der Waals surface area contributed by atoms with E-state index in [1.807, 2.05) is 12.1 Å². The second-order valence-electron chi connectivity index (χ2n) is 5.42. The molecule has 1 N–H and O–H groups in total. The Morgan fingerprint density at radius 1 is 0.667 bits per heavy atom. The molecular formula is C20H12N. The van der Waals surface area contributed by atoms with Gasteiger partial charge >= 0.3 is 0 Å². The number of hydrogen-bond acceptors (Lipinski definition) is 0.